The van der Waals surface area contributed by atoms with Crippen LogP contribution in [0.2, 0.25) is 0 Å². The number of imidazole rings is 1. The number of nitrogens with one attached hydrogen (secondary N) is 9. The van der Waals surface area contributed by atoms with Gasteiger partial charge in [-0.15, -0.1) is 0 Å². The Morgan fingerprint density at radius 3 is 2.06 bits per heavy atom. The van der Waals surface area contributed by atoms with E-state index in [2.05, 4.69) is 57.5 Å². The molecular formula is C58H83N15O12. The Morgan fingerprint density at radius 1 is 0.765 bits per heavy atom. The van der Waals surface area contributed by atoms with Crippen LogP contribution < -0.4 is 54.0 Å². The number of H-pyrrole nitrogens is 1. The van der Waals surface area contributed by atoms with Gasteiger partial charge in [-0.2, -0.15) is 0 Å². The summed E-state index contributed by atoms with van der Waals surface area (Å²) in [4.78, 5) is 154. The van der Waals surface area contributed by atoms with E-state index in [9.17, 15) is 58.2 Å². The molecule has 2 fully saturated rings. The maximum Gasteiger partial charge on any atom is 0.246 e. The zero-order chi connectivity index (χ0) is 62.0. The largest absolute Gasteiger partial charge is 0.508 e. The van der Waals surface area contributed by atoms with Crippen molar-refractivity contribution in [3.63, 3.8) is 0 Å². The minimum atomic E-state index is -1.72. The average molecular weight is 1180 g/mol. The lowest BCUT2D eigenvalue weighted by Crippen LogP contribution is -2.65. The number of aliphatic imine (C=N–C) groups is 1. The molecule has 27 heteroatoms. The van der Waals surface area contributed by atoms with Gasteiger partial charge in [-0.25, -0.2) is 4.98 Å². The Bertz CT molecular complexity index is 2880. The van der Waals surface area contributed by atoms with Crippen LogP contribution in [-0.4, -0.2) is 175 Å². The number of rotatable bonds is 29. The van der Waals surface area contributed by atoms with Gasteiger partial charge in [0.2, 0.25) is 59.1 Å². The first-order valence-corrected chi connectivity index (χ1v) is 29.1. The zero-order valence-corrected chi connectivity index (χ0v) is 48.9. The highest BCUT2D eigenvalue weighted by molar-refractivity contribution is 6.00. The van der Waals surface area contributed by atoms with Crippen molar-refractivity contribution in [2.24, 2.45) is 22.4 Å². The zero-order valence-electron chi connectivity index (χ0n) is 48.9. The molecule has 0 spiro atoms. The molecule has 3 aliphatic rings. The molecule has 1 aromatic heterocycles. The van der Waals surface area contributed by atoms with E-state index in [-0.39, 0.29) is 113 Å². The smallest absolute Gasteiger partial charge is 0.246 e. The lowest BCUT2D eigenvalue weighted by Gasteiger charge is -2.38. The number of aliphatic hydroxyl groups is 1. The quantitative estimate of drug-likeness (QED) is 0.0213. The van der Waals surface area contributed by atoms with Crippen LogP contribution >= 0.6 is 0 Å². The molecule has 0 saturated carbocycles. The molecule has 3 aliphatic heterocycles. The van der Waals surface area contributed by atoms with Crippen LogP contribution in [0.15, 0.2) is 66.0 Å². The van der Waals surface area contributed by atoms with E-state index < -0.39 is 108 Å². The van der Waals surface area contributed by atoms with Crippen molar-refractivity contribution in [1.29, 1.82) is 0 Å². The number of phenols is 1. The van der Waals surface area contributed by atoms with Crippen molar-refractivity contribution in [1.82, 2.24) is 62.3 Å². The number of hydrogen-bond acceptors (Lipinski definition) is 14. The van der Waals surface area contributed by atoms with Crippen LogP contribution in [0.1, 0.15) is 115 Å². The van der Waals surface area contributed by atoms with Gasteiger partial charge in [-0.1, -0.05) is 64.1 Å². The Balaban J connectivity index is 1.22. The molecule has 0 bridgehead atoms. The van der Waals surface area contributed by atoms with Crippen molar-refractivity contribution in [2.45, 2.75) is 172 Å². The molecule has 3 aromatic rings. The average Bonchev–Trinajstić information content (AvgIpc) is 2.87. The van der Waals surface area contributed by atoms with E-state index >= 15 is 0 Å². The van der Waals surface area contributed by atoms with Crippen LogP contribution in [0, 0.1) is 5.92 Å². The number of nitrogens with two attached hydrogens (primary N) is 2. The number of nitrogens with zero attached hydrogens (tertiary/aromatic N) is 4. The first-order chi connectivity index (χ1) is 40.6. The first-order valence-electron chi connectivity index (χ1n) is 29.1. The first kappa shape index (κ1) is 65.5. The summed E-state index contributed by atoms with van der Waals surface area (Å²) >= 11 is 0. The SMILES string of the molecule is CCNC(=O)[C@@H]1CCCN1C(=O)[C@H](CCCN=C(N)N)NC(=O)[C@H](CC(C)C)NC(=O)C(CC)(CC)NC(=O)[C@H](Cc1ccc(O)cc1)NC(=O)[C@H](CO)NC(=O)[C@@H]1Cc2ccccc2CN1C(=O)[C@H](Cc1cnc[nH]1)NC(=O)[C@@H]1CCC(=O)N1. The molecule has 8 atom stereocenters. The number of amides is 10. The van der Waals surface area contributed by atoms with E-state index in [1.165, 1.54) is 46.6 Å². The summed E-state index contributed by atoms with van der Waals surface area (Å²) in [7, 11) is 0. The number of aromatic nitrogens is 2. The second-order valence-electron chi connectivity index (χ2n) is 22.2. The van der Waals surface area contributed by atoms with Gasteiger partial charge in [0.1, 0.15) is 59.6 Å². The summed E-state index contributed by atoms with van der Waals surface area (Å²) < 4.78 is 0. The molecule has 4 heterocycles. The Morgan fingerprint density at radius 2 is 1.44 bits per heavy atom. The molecule has 2 aromatic carbocycles. The van der Waals surface area contributed by atoms with Gasteiger partial charge in [0.15, 0.2) is 5.96 Å². The summed E-state index contributed by atoms with van der Waals surface area (Å²) in [6, 6.07) is 3.15. The fourth-order valence-corrected chi connectivity index (χ4v) is 10.9. The number of likely N-dealkylation sites (tertiary alicyclic amines) is 1. The summed E-state index contributed by atoms with van der Waals surface area (Å²) in [5.41, 5.74) is 11.8. The molecule has 462 valence electrons. The van der Waals surface area contributed by atoms with Gasteiger partial charge in [0, 0.05) is 63.8 Å². The molecule has 6 rings (SSSR count). The molecule has 10 amide bonds. The highest BCUT2D eigenvalue weighted by atomic mass is 16.3. The molecule has 0 radical (unpaired) electrons. The second-order valence-corrected chi connectivity index (χ2v) is 22.2. The van der Waals surface area contributed by atoms with E-state index in [1.807, 2.05) is 13.8 Å². The van der Waals surface area contributed by atoms with E-state index in [0.29, 0.717) is 30.6 Å². The number of fused-ring (bicyclic) bond motifs is 1. The summed E-state index contributed by atoms with van der Waals surface area (Å²) in [6.45, 7) is 8.48. The minimum absolute atomic E-state index is 0.0162. The van der Waals surface area contributed by atoms with Crippen molar-refractivity contribution < 1.29 is 58.2 Å². The molecule has 0 unspecified atom stereocenters. The highest BCUT2D eigenvalue weighted by Crippen LogP contribution is 2.26. The number of benzene rings is 2. The third-order valence-corrected chi connectivity index (χ3v) is 15.6. The van der Waals surface area contributed by atoms with Gasteiger partial charge in [-0.05, 0) is 93.0 Å². The van der Waals surface area contributed by atoms with Gasteiger partial charge in [-0.3, -0.25) is 52.9 Å². The predicted molar refractivity (Wildman–Crippen MR) is 311 cm³/mol. The summed E-state index contributed by atoms with van der Waals surface area (Å²) in [5.74, 6) is -6.96. The lowest BCUT2D eigenvalue weighted by atomic mass is 9.89. The number of hydrogen-bond donors (Lipinski definition) is 13. The van der Waals surface area contributed by atoms with E-state index in [0.717, 1.165) is 11.1 Å². The fourth-order valence-electron chi connectivity index (χ4n) is 10.9. The second kappa shape index (κ2) is 30.8. The normalized spacial score (nSPS) is 18.3. The fraction of sp³-hybridized carbons (Fsp3) is 0.552. The maximum absolute atomic E-state index is 14.8. The predicted octanol–water partition coefficient (Wildman–Crippen LogP) is -1.55. The van der Waals surface area contributed by atoms with E-state index in [1.54, 1.807) is 45.0 Å². The van der Waals surface area contributed by atoms with Crippen LogP contribution in [0.3, 0.4) is 0 Å². The van der Waals surface area contributed by atoms with Crippen molar-refractivity contribution >= 4 is 65.0 Å². The molecule has 2 saturated heterocycles. The number of carbonyl (C=O) groups is 10. The summed E-state index contributed by atoms with van der Waals surface area (Å²) in [5, 5.41) is 42.8. The molecule has 15 N–H and O–H groups in total. The Kier molecular flexibility index (Phi) is 23.7. The Hall–Kier alpha value is -8.62. The number of likely N-dealkylation sites (N-methyl/N-ethyl adjacent to an activating group) is 1. The monoisotopic (exact) mass is 1180 g/mol. The van der Waals surface area contributed by atoms with Crippen molar-refractivity contribution in [2.75, 3.05) is 26.2 Å². The van der Waals surface area contributed by atoms with Gasteiger partial charge in [0.25, 0.3) is 0 Å². The highest BCUT2D eigenvalue weighted by Gasteiger charge is 2.44. The number of guanidine groups is 1. The van der Waals surface area contributed by atoms with Crippen molar-refractivity contribution in [3.05, 3.63) is 83.4 Å². The number of carbonyl (C=O) groups excluding carboxylic acids is 10. The van der Waals surface area contributed by atoms with Gasteiger partial charge >= 0.3 is 0 Å². The lowest BCUT2D eigenvalue weighted by molar-refractivity contribution is -0.145. The van der Waals surface area contributed by atoms with Gasteiger partial charge in [0.05, 0.1) is 12.9 Å². The maximum atomic E-state index is 14.8. The topological polar surface area (TPSA) is 407 Å². The number of aromatic amines is 1. The molecular weight excluding hydrogens is 1100 g/mol. The number of phenolic OH excluding ortho intramolecular Hbond substituents is 1. The van der Waals surface area contributed by atoms with Crippen molar-refractivity contribution in [3.8, 4) is 5.75 Å². The molecule has 0 aliphatic carbocycles. The minimum Gasteiger partial charge on any atom is -0.508 e. The molecule has 85 heavy (non-hydrogen) atoms. The van der Waals surface area contributed by atoms with Crippen LogP contribution in [-0.2, 0) is 73.8 Å². The summed E-state index contributed by atoms with van der Waals surface area (Å²) in [6.07, 6.45) is 4.35. The van der Waals surface area contributed by atoms with Crippen LogP contribution in [0.25, 0.3) is 0 Å². The number of aliphatic hydroxyl groups excluding tert-OH is 1. The standard InChI is InChI=1S/C58H83N15O12/c1-6-58(7-2,56(85)70-41(25-33(4)5)49(78)66-40(15-11-23-63-57(59)60)54(83)72-24-12-16-45(72)52(81)62-8-3)71-51(80)42(26-34-17-19-38(75)20-18-34)67-50(79)44(31-74)69-53(82)46-27-35-13-9-10-14-36(35)30-73(46)55(84)43(28-37-29-61-32-64-37)68-48(77)39-21-22-47(76)65-39/h9-10,13-14,17-20,29,32-33,39-46,74-75H,6-8,11-12,15-16,21-28,30-31H2,1-5H3,(H,61,64)(H,62,81)(H,65,76)(H,66,78)(H,67,79)(H,68,77)(H,69,82)(H,70,85)(H,71,80)(H4,59,60,63)/t39-,40-,41-,42-,43-,44-,45-,46-/m0/s1. The van der Waals surface area contributed by atoms with Crippen LogP contribution in [0.5, 0.6) is 5.75 Å². The number of aromatic hydroxyl groups is 1. The third kappa shape index (κ3) is 17.7. The third-order valence-electron chi connectivity index (χ3n) is 15.6. The van der Waals surface area contributed by atoms with Gasteiger partial charge < -0.3 is 79.0 Å². The van der Waals surface area contributed by atoms with E-state index in [4.69, 9.17) is 11.5 Å². The molecule has 27 nitrogen and oxygen atoms in total. The Labute approximate surface area is 493 Å². The van der Waals surface area contributed by atoms with Crippen LogP contribution in [0.4, 0.5) is 0 Å².